The number of hydrogen-bond donors (Lipinski definition) is 1. The highest BCUT2D eigenvalue weighted by Gasteiger charge is 2.36. The van der Waals surface area contributed by atoms with Crippen molar-refractivity contribution >= 4 is 23.4 Å². The molecule has 4 aromatic rings. The van der Waals surface area contributed by atoms with Crippen molar-refractivity contribution in [1.29, 1.82) is 0 Å². The summed E-state index contributed by atoms with van der Waals surface area (Å²) in [4.78, 5) is 39.9. The summed E-state index contributed by atoms with van der Waals surface area (Å²) in [6.45, 7) is 0.0634. The molecule has 0 aliphatic carbocycles. The lowest BCUT2D eigenvalue weighted by atomic mass is 10.1. The number of rotatable bonds is 7. The summed E-state index contributed by atoms with van der Waals surface area (Å²) >= 11 is 0. The third kappa shape index (κ3) is 3.84. The Labute approximate surface area is 200 Å². The SMILES string of the molecule is COc1cc(C(=O)NCc2nnc3ccccn23)cc(CN2C(=O)c3ccccc3C2=O)c1OC. The molecule has 2 aromatic heterocycles. The average Bonchev–Trinajstić information content (AvgIpc) is 3.41. The summed E-state index contributed by atoms with van der Waals surface area (Å²) < 4.78 is 12.7. The van der Waals surface area contributed by atoms with Crippen LogP contribution in [0, 0.1) is 0 Å². The molecule has 10 nitrogen and oxygen atoms in total. The van der Waals surface area contributed by atoms with E-state index in [0.29, 0.717) is 39.7 Å². The maximum atomic E-state index is 13.0. The number of carbonyl (C=O) groups is 3. The predicted octanol–water partition coefficient (Wildman–Crippen LogP) is 2.47. The molecule has 0 saturated carbocycles. The first-order chi connectivity index (χ1) is 17.0. The van der Waals surface area contributed by atoms with Gasteiger partial charge in [-0.15, -0.1) is 10.2 Å². The number of nitrogens with one attached hydrogen (secondary N) is 1. The van der Waals surface area contributed by atoms with Gasteiger partial charge in [-0.1, -0.05) is 18.2 Å². The topological polar surface area (TPSA) is 115 Å². The van der Waals surface area contributed by atoms with Gasteiger partial charge in [0.1, 0.15) is 0 Å². The minimum atomic E-state index is -0.403. The summed E-state index contributed by atoms with van der Waals surface area (Å²) in [7, 11) is 2.91. The molecule has 3 amide bonds. The van der Waals surface area contributed by atoms with Crippen molar-refractivity contribution in [1.82, 2.24) is 24.8 Å². The number of ether oxygens (including phenoxy) is 2. The van der Waals surface area contributed by atoms with Crippen LogP contribution in [0.2, 0.25) is 0 Å². The van der Waals surface area contributed by atoms with Gasteiger partial charge in [-0.2, -0.15) is 0 Å². The Bertz CT molecular complexity index is 1440. The maximum Gasteiger partial charge on any atom is 0.261 e. The molecular weight excluding hydrogens is 450 g/mol. The Kier molecular flexibility index (Phi) is 5.61. The lowest BCUT2D eigenvalue weighted by Gasteiger charge is -2.19. The van der Waals surface area contributed by atoms with E-state index in [0.717, 1.165) is 4.90 Å². The van der Waals surface area contributed by atoms with Crippen molar-refractivity contribution in [3.63, 3.8) is 0 Å². The lowest BCUT2D eigenvalue weighted by Crippen LogP contribution is -2.30. The van der Waals surface area contributed by atoms with Gasteiger partial charge >= 0.3 is 0 Å². The first-order valence-corrected chi connectivity index (χ1v) is 10.8. The first kappa shape index (κ1) is 22.1. The van der Waals surface area contributed by atoms with Crippen LogP contribution in [-0.4, -0.2) is 51.4 Å². The van der Waals surface area contributed by atoms with E-state index in [4.69, 9.17) is 9.47 Å². The summed E-state index contributed by atoms with van der Waals surface area (Å²) in [6, 6.07) is 15.3. The normalized spacial score (nSPS) is 12.7. The molecule has 1 aliphatic rings. The number of benzene rings is 2. The van der Waals surface area contributed by atoms with Gasteiger partial charge in [0.15, 0.2) is 23.0 Å². The minimum absolute atomic E-state index is 0.0815. The van der Waals surface area contributed by atoms with Gasteiger partial charge in [0.05, 0.1) is 38.4 Å². The van der Waals surface area contributed by atoms with Crippen molar-refractivity contribution in [2.24, 2.45) is 0 Å². The van der Waals surface area contributed by atoms with E-state index in [9.17, 15) is 14.4 Å². The van der Waals surface area contributed by atoms with Crippen molar-refractivity contribution in [3.05, 3.63) is 88.9 Å². The van der Waals surface area contributed by atoms with Crippen molar-refractivity contribution in [2.75, 3.05) is 14.2 Å². The molecule has 3 heterocycles. The molecular formula is C25H21N5O5. The first-order valence-electron chi connectivity index (χ1n) is 10.8. The number of carbonyl (C=O) groups excluding carboxylic acids is 3. The summed E-state index contributed by atoms with van der Waals surface area (Å²) in [5, 5.41) is 11.0. The van der Waals surface area contributed by atoms with Crippen LogP contribution in [0.15, 0.2) is 60.8 Å². The Morgan fingerprint density at radius 2 is 1.66 bits per heavy atom. The van der Waals surface area contributed by atoms with Crippen LogP contribution in [-0.2, 0) is 13.1 Å². The molecule has 0 saturated heterocycles. The molecule has 2 aromatic carbocycles. The Balaban J connectivity index is 1.42. The van der Waals surface area contributed by atoms with E-state index in [1.165, 1.54) is 14.2 Å². The summed E-state index contributed by atoms with van der Waals surface area (Å²) in [5.41, 5.74) is 2.10. The fraction of sp³-hybridized carbons (Fsp3) is 0.160. The third-order valence-electron chi connectivity index (χ3n) is 5.82. The summed E-state index contributed by atoms with van der Waals surface area (Å²) in [6.07, 6.45) is 1.81. The van der Waals surface area contributed by atoms with Gasteiger partial charge in [0.25, 0.3) is 17.7 Å². The van der Waals surface area contributed by atoms with Crippen LogP contribution in [0.3, 0.4) is 0 Å². The number of nitrogens with zero attached hydrogens (tertiary/aromatic N) is 4. The number of imide groups is 1. The highest BCUT2D eigenvalue weighted by Crippen LogP contribution is 2.35. The van der Waals surface area contributed by atoms with Crippen LogP contribution in [0.5, 0.6) is 11.5 Å². The molecule has 10 heteroatoms. The molecule has 0 atom stereocenters. The number of methoxy groups -OCH3 is 2. The zero-order valence-corrected chi connectivity index (χ0v) is 19.0. The van der Waals surface area contributed by atoms with Gasteiger partial charge in [-0.25, -0.2) is 0 Å². The van der Waals surface area contributed by atoms with Crippen molar-refractivity contribution < 1.29 is 23.9 Å². The number of fused-ring (bicyclic) bond motifs is 2. The zero-order chi connectivity index (χ0) is 24.5. The molecule has 0 bridgehead atoms. The largest absolute Gasteiger partial charge is 0.493 e. The average molecular weight is 471 g/mol. The van der Waals surface area contributed by atoms with E-state index >= 15 is 0 Å². The van der Waals surface area contributed by atoms with Crippen LogP contribution < -0.4 is 14.8 Å². The van der Waals surface area contributed by atoms with E-state index in [1.807, 2.05) is 24.4 Å². The fourth-order valence-corrected chi connectivity index (χ4v) is 4.12. The van der Waals surface area contributed by atoms with E-state index < -0.39 is 11.8 Å². The van der Waals surface area contributed by atoms with Crippen molar-refractivity contribution in [3.8, 4) is 11.5 Å². The maximum absolute atomic E-state index is 13.0. The highest BCUT2D eigenvalue weighted by molar-refractivity contribution is 6.21. The molecule has 0 spiro atoms. The van der Waals surface area contributed by atoms with E-state index in [1.54, 1.807) is 40.8 Å². The molecule has 0 fully saturated rings. The minimum Gasteiger partial charge on any atom is -0.493 e. The van der Waals surface area contributed by atoms with E-state index in [-0.39, 0.29) is 24.6 Å². The number of pyridine rings is 1. The van der Waals surface area contributed by atoms with Crippen LogP contribution >= 0.6 is 0 Å². The molecule has 5 rings (SSSR count). The highest BCUT2D eigenvalue weighted by atomic mass is 16.5. The smallest absolute Gasteiger partial charge is 0.261 e. The molecule has 0 radical (unpaired) electrons. The number of aromatic nitrogens is 3. The van der Waals surface area contributed by atoms with Crippen LogP contribution in [0.25, 0.3) is 5.65 Å². The van der Waals surface area contributed by atoms with Crippen LogP contribution in [0.1, 0.15) is 42.5 Å². The second kappa shape index (κ2) is 8.90. The second-order valence-corrected chi connectivity index (χ2v) is 7.84. The fourth-order valence-electron chi connectivity index (χ4n) is 4.12. The zero-order valence-electron chi connectivity index (χ0n) is 19.0. The standard InChI is InChI=1S/C25H21N5O5/c1-34-19-12-15(23(31)26-13-21-28-27-20-9-5-6-10-29(20)21)11-16(22(19)35-2)14-30-24(32)17-7-3-4-8-18(17)25(30)33/h3-12H,13-14H2,1-2H3,(H,26,31). The monoisotopic (exact) mass is 471 g/mol. The van der Waals surface area contributed by atoms with E-state index in [2.05, 4.69) is 15.5 Å². The third-order valence-corrected chi connectivity index (χ3v) is 5.82. The Morgan fingerprint density at radius 1 is 0.943 bits per heavy atom. The van der Waals surface area contributed by atoms with Gasteiger partial charge in [-0.3, -0.25) is 23.7 Å². The molecule has 1 aliphatic heterocycles. The van der Waals surface area contributed by atoms with Crippen LogP contribution in [0.4, 0.5) is 0 Å². The van der Waals surface area contributed by atoms with Gasteiger partial charge in [-0.05, 0) is 36.4 Å². The van der Waals surface area contributed by atoms with Gasteiger partial charge in [0, 0.05) is 17.3 Å². The second-order valence-electron chi connectivity index (χ2n) is 7.84. The molecule has 0 unspecified atom stereocenters. The Hall–Kier alpha value is -4.73. The van der Waals surface area contributed by atoms with Gasteiger partial charge in [0.2, 0.25) is 0 Å². The predicted molar refractivity (Wildman–Crippen MR) is 124 cm³/mol. The summed E-state index contributed by atoms with van der Waals surface area (Å²) in [5.74, 6) is 0.0204. The molecule has 176 valence electrons. The molecule has 35 heavy (non-hydrogen) atoms. The van der Waals surface area contributed by atoms with Crippen molar-refractivity contribution in [2.45, 2.75) is 13.1 Å². The number of amides is 3. The number of hydrogen-bond acceptors (Lipinski definition) is 7. The van der Waals surface area contributed by atoms with Gasteiger partial charge < -0.3 is 14.8 Å². The quantitative estimate of drug-likeness (QED) is 0.412. The molecule has 1 N–H and O–H groups in total. The lowest BCUT2D eigenvalue weighted by molar-refractivity contribution is 0.0641. The Morgan fingerprint density at radius 3 is 2.34 bits per heavy atom.